The molecule has 1 aromatic carbocycles. The Bertz CT molecular complexity index is 547. The van der Waals surface area contributed by atoms with Crippen LogP contribution in [0.4, 0.5) is 18.0 Å². The Morgan fingerprint density at radius 3 is 2.57 bits per heavy atom. The maximum absolute atomic E-state index is 12.8. The van der Waals surface area contributed by atoms with Crippen LogP contribution in [0.5, 0.6) is 0 Å². The normalized spacial score (nSPS) is 17.1. The van der Waals surface area contributed by atoms with E-state index in [9.17, 15) is 18.0 Å². The van der Waals surface area contributed by atoms with Crippen LogP contribution >= 0.6 is 0 Å². The number of hydrogen-bond acceptors (Lipinski definition) is 6. The van der Waals surface area contributed by atoms with E-state index in [1.807, 2.05) is 0 Å². The van der Waals surface area contributed by atoms with Crippen LogP contribution in [0.1, 0.15) is 29.9 Å². The Morgan fingerprint density at radius 2 is 2.00 bits per heavy atom. The topological polar surface area (TPSA) is 96.8 Å². The number of amides is 1. The first kappa shape index (κ1) is 17.5. The van der Waals surface area contributed by atoms with Crippen molar-refractivity contribution in [3.8, 4) is 0 Å². The minimum Gasteiger partial charge on any atom is -0.355 e. The molecule has 2 rings (SSSR count). The third kappa shape index (κ3) is 4.55. The van der Waals surface area contributed by atoms with Crippen LogP contribution in [-0.2, 0) is 11.0 Å². The summed E-state index contributed by atoms with van der Waals surface area (Å²) in [6.07, 6.45) is -4.05. The third-order valence-corrected chi connectivity index (χ3v) is 3.73. The molecule has 1 aromatic rings. The van der Waals surface area contributed by atoms with Crippen molar-refractivity contribution < 1.29 is 22.8 Å². The van der Waals surface area contributed by atoms with Crippen LogP contribution < -0.4 is 17.3 Å². The molecule has 1 fully saturated rings. The lowest BCUT2D eigenvalue weighted by Gasteiger charge is -2.34. The van der Waals surface area contributed by atoms with E-state index >= 15 is 0 Å². The number of benzene rings is 1. The summed E-state index contributed by atoms with van der Waals surface area (Å²) < 4.78 is 38.3. The lowest BCUT2D eigenvalue weighted by molar-refractivity contribution is -0.137. The van der Waals surface area contributed by atoms with E-state index in [2.05, 4.69) is 10.4 Å². The molecule has 0 bridgehead atoms. The Labute approximate surface area is 130 Å². The van der Waals surface area contributed by atoms with Gasteiger partial charge >= 0.3 is 12.3 Å². The molecule has 1 heterocycles. The van der Waals surface area contributed by atoms with Crippen LogP contribution in [0.25, 0.3) is 0 Å². The van der Waals surface area contributed by atoms with Gasteiger partial charge in [-0.3, -0.25) is 0 Å². The van der Waals surface area contributed by atoms with Gasteiger partial charge in [0.1, 0.15) is 0 Å². The predicted molar refractivity (Wildman–Crippen MR) is 74.8 cm³/mol. The van der Waals surface area contributed by atoms with Crippen molar-refractivity contribution in [3.63, 3.8) is 0 Å². The number of piperidine rings is 1. The molecule has 10 heteroatoms. The van der Waals surface area contributed by atoms with E-state index in [1.165, 1.54) is 12.1 Å². The van der Waals surface area contributed by atoms with Crippen molar-refractivity contribution in [2.75, 3.05) is 13.1 Å². The Morgan fingerprint density at radius 1 is 1.35 bits per heavy atom. The van der Waals surface area contributed by atoms with Gasteiger partial charge in [-0.1, -0.05) is 18.2 Å². The first-order chi connectivity index (χ1) is 10.8. The Hall–Kier alpha value is -1.88. The molecule has 5 N–H and O–H groups in total. The number of nitrogens with one attached hydrogen (secondary N) is 1. The average Bonchev–Trinajstić information content (AvgIpc) is 2.54. The van der Waals surface area contributed by atoms with E-state index < -0.39 is 17.8 Å². The molecule has 0 atom stereocenters. The Balaban J connectivity index is 1.93. The molecule has 0 aromatic heterocycles. The molecule has 0 spiro atoms. The zero-order valence-electron chi connectivity index (χ0n) is 12.2. The second kappa shape index (κ2) is 7.13. The third-order valence-electron chi connectivity index (χ3n) is 3.73. The molecule has 0 unspecified atom stereocenters. The fraction of sp³-hybridized carbons (Fsp3) is 0.462. The SMILES string of the molecule is NOC(=O)N(N)NN1CCC(c2cccc(C(F)(F)F)c2)CC1. The zero-order valence-corrected chi connectivity index (χ0v) is 12.2. The highest BCUT2D eigenvalue weighted by molar-refractivity contribution is 5.65. The molecule has 1 amide bonds. The molecule has 0 saturated carbocycles. The highest BCUT2D eigenvalue weighted by Gasteiger charge is 2.31. The van der Waals surface area contributed by atoms with E-state index in [0.717, 1.165) is 6.07 Å². The van der Waals surface area contributed by atoms with E-state index in [1.54, 1.807) is 11.1 Å². The number of hydrogen-bond donors (Lipinski definition) is 3. The van der Waals surface area contributed by atoms with E-state index in [4.69, 9.17) is 11.7 Å². The van der Waals surface area contributed by atoms with Gasteiger partial charge in [-0.2, -0.15) is 24.2 Å². The number of carbonyl (C=O) groups excluding carboxylic acids is 1. The highest BCUT2D eigenvalue weighted by Crippen LogP contribution is 2.33. The van der Waals surface area contributed by atoms with Gasteiger partial charge in [-0.05, 0) is 30.4 Å². The summed E-state index contributed by atoms with van der Waals surface area (Å²) in [5, 5.41) is 2.27. The van der Waals surface area contributed by atoms with Gasteiger partial charge in [0.25, 0.3) is 0 Å². The van der Waals surface area contributed by atoms with Crippen molar-refractivity contribution in [1.82, 2.24) is 15.7 Å². The minimum absolute atomic E-state index is 0.0167. The smallest absolute Gasteiger partial charge is 0.355 e. The number of nitrogens with two attached hydrogens (primary N) is 2. The molecule has 0 radical (unpaired) electrons. The average molecular weight is 333 g/mol. The van der Waals surface area contributed by atoms with Gasteiger partial charge in [-0.15, -0.1) is 5.53 Å². The first-order valence-corrected chi connectivity index (χ1v) is 6.95. The van der Waals surface area contributed by atoms with Gasteiger partial charge in [0.2, 0.25) is 0 Å². The van der Waals surface area contributed by atoms with Gasteiger partial charge in [0, 0.05) is 13.1 Å². The van der Waals surface area contributed by atoms with Gasteiger partial charge in [0.15, 0.2) is 0 Å². The zero-order chi connectivity index (χ0) is 17.0. The van der Waals surface area contributed by atoms with E-state index in [0.29, 0.717) is 36.6 Å². The fourth-order valence-corrected chi connectivity index (χ4v) is 2.53. The summed E-state index contributed by atoms with van der Waals surface area (Å²) >= 11 is 0. The van der Waals surface area contributed by atoms with Crippen LogP contribution in [0.2, 0.25) is 0 Å². The number of alkyl halides is 3. The van der Waals surface area contributed by atoms with Crippen molar-refractivity contribution in [3.05, 3.63) is 35.4 Å². The molecular weight excluding hydrogens is 315 g/mol. The second-order valence-corrected chi connectivity index (χ2v) is 5.24. The van der Waals surface area contributed by atoms with Crippen LogP contribution in [-0.4, -0.2) is 29.3 Å². The number of hydrazine groups is 3. The summed E-state index contributed by atoms with van der Waals surface area (Å²) in [6, 6.07) is 5.37. The summed E-state index contributed by atoms with van der Waals surface area (Å²) in [7, 11) is 0. The van der Waals surface area contributed by atoms with Crippen molar-refractivity contribution in [2.24, 2.45) is 11.7 Å². The molecular formula is C13H18F3N5O2. The number of nitrogens with zero attached hydrogens (tertiary/aromatic N) is 2. The predicted octanol–water partition coefficient (Wildman–Crippen LogP) is 1.49. The largest absolute Gasteiger partial charge is 0.459 e. The van der Waals surface area contributed by atoms with Gasteiger partial charge in [-0.25, -0.2) is 15.6 Å². The van der Waals surface area contributed by atoms with Crippen molar-refractivity contribution in [2.45, 2.75) is 24.9 Å². The summed E-state index contributed by atoms with van der Waals surface area (Å²) in [6.45, 7) is 1.01. The van der Waals surface area contributed by atoms with Gasteiger partial charge in [0.05, 0.1) is 5.56 Å². The molecule has 1 saturated heterocycles. The fourth-order valence-electron chi connectivity index (χ4n) is 2.53. The quantitative estimate of drug-likeness (QED) is 0.441. The van der Waals surface area contributed by atoms with Crippen molar-refractivity contribution >= 4 is 6.09 Å². The summed E-state index contributed by atoms with van der Waals surface area (Å²) in [5.74, 6) is 10.1. The Kier molecular flexibility index (Phi) is 5.42. The van der Waals surface area contributed by atoms with Crippen LogP contribution in [0.3, 0.4) is 0 Å². The summed E-state index contributed by atoms with van der Waals surface area (Å²) in [4.78, 5) is 15.0. The minimum atomic E-state index is -4.35. The van der Waals surface area contributed by atoms with E-state index in [-0.39, 0.29) is 5.92 Å². The maximum Gasteiger partial charge on any atom is 0.459 e. The lowest BCUT2D eigenvalue weighted by Crippen LogP contribution is -2.58. The van der Waals surface area contributed by atoms with Crippen LogP contribution in [0, 0.1) is 0 Å². The standard InChI is InChI=1S/C13H18F3N5O2/c14-13(15,16)11-3-1-2-10(8-11)9-4-6-20(7-5-9)19-21(17)12(22)23-18/h1-3,8-9,19H,4-7,17-18H2. The monoisotopic (exact) mass is 333 g/mol. The molecule has 1 aliphatic rings. The van der Waals surface area contributed by atoms with Crippen LogP contribution in [0.15, 0.2) is 24.3 Å². The molecule has 1 aliphatic heterocycles. The summed E-state index contributed by atoms with van der Waals surface area (Å²) in [5.41, 5.74) is 2.60. The molecule has 128 valence electrons. The number of carbonyl (C=O) groups is 1. The number of rotatable bonds is 3. The molecule has 7 nitrogen and oxygen atoms in total. The molecule has 23 heavy (non-hydrogen) atoms. The molecule has 0 aliphatic carbocycles. The second-order valence-electron chi connectivity index (χ2n) is 5.24. The number of halogens is 3. The first-order valence-electron chi connectivity index (χ1n) is 6.95. The lowest BCUT2D eigenvalue weighted by atomic mass is 9.89. The highest BCUT2D eigenvalue weighted by atomic mass is 19.4. The maximum atomic E-state index is 12.8. The van der Waals surface area contributed by atoms with Gasteiger partial charge < -0.3 is 4.84 Å². The van der Waals surface area contributed by atoms with Crippen molar-refractivity contribution in [1.29, 1.82) is 0 Å².